The number of para-hydroxylation sites is 2. The first-order valence-corrected chi connectivity index (χ1v) is 8.05. The fourth-order valence-electron chi connectivity index (χ4n) is 3.43. The van der Waals surface area contributed by atoms with Crippen LogP contribution >= 0.6 is 0 Å². The van der Waals surface area contributed by atoms with Gasteiger partial charge in [-0.15, -0.1) is 0 Å². The van der Waals surface area contributed by atoms with Gasteiger partial charge in [-0.2, -0.15) is 0 Å². The van der Waals surface area contributed by atoms with Crippen LogP contribution in [0.25, 0.3) is 53.6 Å². The summed E-state index contributed by atoms with van der Waals surface area (Å²) in [6.45, 7) is 0. The number of benzene rings is 4. The van der Waals surface area contributed by atoms with Gasteiger partial charge in [-0.1, -0.05) is 12.1 Å². The van der Waals surface area contributed by atoms with Crippen LogP contribution in [0.15, 0.2) is 60.7 Å². The van der Waals surface area contributed by atoms with E-state index in [-0.39, 0.29) is 0 Å². The van der Waals surface area contributed by atoms with E-state index in [2.05, 4.69) is 9.95 Å². The van der Waals surface area contributed by atoms with Crippen molar-refractivity contribution in [2.45, 2.75) is 0 Å². The molecule has 0 fully saturated rings. The van der Waals surface area contributed by atoms with Crippen LogP contribution in [-0.4, -0.2) is 9.97 Å². The molecule has 0 aliphatic carbocycles. The molecule has 0 N–H and O–H groups in total. The summed E-state index contributed by atoms with van der Waals surface area (Å²) in [6.07, 6.45) is 0. The Bertz CT molecular complexity index is 1350. The molecule has 0 saturated carbocycles. The predicted molar refractivity (Wildman–Crippen MR) is 102 cm³/mol. The van der Waals surface area contributed by atoms with Gasteiger partial charge in [0, 0.05) is 35.0 Å². The summed E-state index contributed by atoms with van der Waals surface area (Å²) in [5.41, 5.74) is 3.91. The average molecular weight is 334 g/mol. The van der Waals surface area contributed by atoms with E-state index < -0.39 is 0 Å². The molecule has 0 saturated heterocycles. The molecule has 0 unspecified atom stereocenters. The molecular weight excluding hydrogens is 324 g/mol. The van der Waals surface area contributed by atoms with Crippen LogP contribution in [0.2, 0.25) is 0 Å². The maximum Gasteiger partial charge on any atom is 0.385 e. The van der Waals surface area contributed by atoms with Crippen molar-refractivity contribution in [2.75, 3.05) is 0 Å². The number of fused-ring (bicyclic) bond motifs is 7. The van der Waals surface area contributed by atoms with Crippen LogP contribution in [0.3, 0.4) is 0 Å². The summed E-state index contributed by atoms with van der Waals surface area (Å²) >= 11 is 0. The van der Waals surface area contributed by atoms with E-state index in [1.165, 1.54) is 0 Å². The third kappa shape index (κ3) is 1.90. The maximum absolute atomic E-state index is 9.17. The van der Waals surface area contributed by atoms with E-state index >= 15 is 0 Å². The Balaban J connectivity index is 2.12. The molecule has 0 spiro atoms. The third-order valence-electron chi connectivity index (χ3n) is 4.61. The topological polar surface area (TPSA) is 82.1 Å². The van der Waals surface area contributed by atoms with Crippen molar-refractivity contribution >= 4 is 55.0 Å². The van der Waals surface area contributed by atoms with Gasteiger partial charge >= 0.3 is 11.4 Å². The summed E-state index contributed by atoms with van der Waals surface area (Å²) in [5.74, 6) is 0. The summed E-state index contributed by atoms with van der Waals surface area (Å²) in [7, 11) is 0. The minimum absolute atomic E-state index is 0.454. The number of hydrogen-bond acceptors (Lipinski definition) is 4. The van der Waals surface area contributed by atoms with Crippen molar-refractivity contribution in [3.8, 4) is 0 Å². The SMILES string of the molecule is N#[N+]c1ccc2c3ccc([N+]#N)cc3c3nc4ccccc4nc3c2c1. The Labute approximate surface area is 147 Å². The fraction of sp³-hybridized carbons (Fsp3) is 0. The largest absolute Gasteiger partial charge is 0.385 e. The van der Waals surface area contributed by atoms with Gasteiger partial charge in [-0.05, 0) is 35.0 Å². The van der Waals surface area contributed by atoms with E-state index in [0.29, 0.717) is 22.4 Å². The van der Waals surface area contributed by atoms with Gasteiger partial charge in [-0.3, -0.25) is 0 Å². The molecule has 6 nitrogen and oxygen atoms in total. The lowest BCUT2D eigenvalue weighted by atomic mass is 9.98. The minimum atomic E-state index is 0.454. The molecule has 5 aromatic rings. The number of aromatic nitrogens is 2. The second-order valence-corrected chi connectivity index (χ2v) is 6.07. The molecule has 6 heteroatoms. The number of nitrogens with zero attached hydrogens (tertiary/aromatic N) is 6. The molecule has 4 aromatic carbocycles. The van der Waals surface area contributed by atoms with Crippen LogP contribution < -0.4 is 0 Å². The van der Waals surface area contributed by atoms with E-state index in [1.54, 1.807) is 24.3 Å². The van der Waals surface area contributed by atoms with Gasteiger partial charge in [0.1, 0.15) is 0 Å². The standard InChI is InChI=1S/C20H10N6/c21-25-11-5-7-13-14-8-6-12(26-22)10-16(14)20-19(15(13)9-11)23-17-3-1-2-4-18(17)24-20/h1-10H/q+2. The van der Waals surface area contributed by atoms with E-state index in [4.69, 9.17) is 9.97 Å². The van der Waals surface area contributed by atoms with Crippen LogP contribution in [0.4, 0.5) is 11.4 Å². The molecule has 0 aliphatic rings. The highest BCUT2D eigenvalue weighted by Crippen LogP contribution is 2.37. The van der Waals surface area contributed by atoms with Gasteiger partial charge in [-0.25, -0.2) is 9.97 Å². The monoisotopic (exact) mass is 334 g/mol. The second-order valence-electron chi connectivity index (χ2n) is 6.07. The van der Waals surface area contributed by atoms with Crippen molar-refractivity contribution in [3.05, 3.63) is 70.6 Å². The van der Waals surface area contributed by atoms with E-state index in [1.807, 2.05) is 36.4 Å². The van der Waals surface area contributed by atoms with Gasteiger partial charge in [0.05, 0.1) is 22.1 Å². The molecule has 26 heavy (non-hydrogen) atoms. The number of diazo groups is 2. The highest BCUT2D eigenvalue weighted by Gasteiger charge is 2.17. The zero-order valence-electron chi connectivity index (χ0n) is 13.5. The number of hydrogen-bond donors (Lipinski definition) is 0. The quantitative estimate of drug-likeness (QED) is 0.196. The lowest BCUT2D eigenvalue weighted by Gasteiger charge is -2.08. The first kappa shape index (κ1) is 14.2. The summed E-state index contributed by atoms with van der Waals surface area (Å²) < 4.78 is 0. The van der Waals surface area contributed by atoms with E-state index in [9.17, 15) is 10.8 Å². The smallest absolute Gasteiger partial charge is 0.244 e. The molecule has 0 radical (unpaired) electrons. The molecule has 1 aromatic heterocycles. The first-order valence-electron chi connectivity index (χ1n) is 8.05. The maximum atomic E-state index is 9.17. The zero-order chi connectivity index (χ0) is 17.7. The molecule has 0 atom stereocenters. The Hall–Kier alpha value is -4.16. The van der Waals surface area contributed by atoms with Crippen molar-refractivity contribution in [1.82, 2.24) is 9.97 Å². The molecule has 5 rings (SSSR count). The van der Waals surface area contributed by atoms with Crippen molar-refractivity contribution < 1.29 is 0 Å². The summed E-state index contributed by atoms with van der Waals surface area (Å²) in [6, 6.07) is 18.5. The average Bonchev–Trinajstić information content (AvgIpc) is 2.71. The second kappa shape index (κ2) is 5.17. The molecule has 0 bridgehead atoms. The van der Waals surface area contributed by atoms with Crippen LogP contribution in [-0.2, 0) is 0 Å². The Morgan fingerprint density at radius 2 is 1.04 bits per heavy atom. The molecule has 1 heterocycles. The fourth-order valence-corrected chi connectivity index (χ4v) is 3.43. The van der Waals surface area contributed by atoms with Gasteiger partial charge < -0.3 is 0 Å². The Morgan fingerprint density at radius 1 is 0.577 bits per heavy atom. The molecular formula is C20H10N6+2. The Morgan fingerprint density at radius 3 is 1.46 bits per heavy atom. The van der Waals surface area contributed by atoms with Gasteiger partial charge in [0.15, 0.2) is 9.95 Å². The van der Waals surface area contributed by atoms with Crippen molar-refractivity contribution in [3.63, 3.8) is 0 Å². The van der Waals surface area contributed by atoms with Crippen molar-refractivity contribution in [2.24, 2.45) is 0 Å². The highest BCUT2D eigenvalue weighted by molar-refractivity contribution is 6.24. The normalized spacial score (nSPS) is 11.0. The van der Waals surface area contributed by atoms with Crippen molar-refractivity contribution in [1.29, 1.82) is 10.8 Å². The summed E-state index contributed by atoms with van der Waals surface area (Å²) in [4.78, 5) is 16.2. The number of rotatable bonds is 0. The summed E-state index contributed by atoms with van der Waals surface area (Å²) in [5, 5.41) is 22.0. The van der Waals surface area contributed by atoms with Gasteiger partial charge in [0.2, 0.25) is 10.8 Å². The van der Waals surface area contributed by atoms with Crippen LogP contribution in [0, 0.1) is 10.8 Å². The first-order chi connectivity index (χ1) is 12.8. The molecule has 0 aliphatic heterocycles. The third-order valence-corrected chi connectivity index (χ3v) is 4.61. The predicted octanol–water partition coefficient (Wildman–Crippen LogP) is 6.06. The highest BCUT2D eigenvalue weighted by atomic mass is 14.9. The van der Waals surface area contributed by atoms with Crippen LogP contribution in [0.5, 0.6) is 0 Å². The molecule has 118 valence electrons. The lowest BCUT2D eigenvalue weighted by molar-refractivity contribution is 1.41. The Kier molecular flexibility index (Phi) is 2.82. The van der Waals surface area contributed by atoms with Crippen LogP contribution in [0.1, 0.15) is 0 Å². The minimum Gasteiger partial charge on any atom is -0.244 e. The lowest BCUT2D eigenvalue weighted by Crippen LogP contribution is -1.91. The van der Waals surface area contributed by atoms with E-state index in [0.717, 1.165) is 32.6 Å². The molecule has 0 amide bonds. The zero-order valence-corrected chi connectivity index (χ0v) is 13.5. The van der Waals surface area contributed by atoms with Gasteiger partial charge in [0.25, 0.3) is 0 Å².